The first-order valence-electron chi connectivity index (χ1n) is 7.95. The molecule has 4 nitrogen and oxygen atoms in total. The Morgan fingerprint density at radius 2 is 1.82 bits per heavy atom. The van der Waals surface area contributed by atoms with Gasteiger partial charge in [0.15, 0.2) is 0 Å². The van der Waals surface area contributed by atoms with Crippen molar-refractivity contribution < 1.29 is 14.1 Å². The Labute approximate surface area is 130 Å². The summed E-state index contributed by atoms with van der Waals surface area (Å²) in [6, 6.07) is 5.83. The van der Waals surface area contributed by atoms with Gasteiger partial charge in [-0.15, -0.1) is 0 Å². The zero-order valence-electron chi connectivity index (χ0n) is 13.7. The monoisotopic (exact) mass is 302 g/mol. The van der Waals surface area contributed by atoms with Gasteiger partial charge in [-0.25, -0.2) is 4.79 Å². The average molecular weight is 302 g/mol. The Hall–Kier alpha value is -1.65. The summed E-state index contributed by atoms with van der Waals surface area (Å²) in [4.78, 5) is 13.4. The average Bonchev–Trinajstić information content (AvgIpc) is 2.39. The summed E-state index contributed by atoms with van der Waals surface area (Å²) >= 11 is 0. The van der Waals surface area contributed by atoms with E-state index in [4.69, 9.17) is 9.15 Å². The molecule has 2 aromatic rings. The number of quaternary nitrogens is 1. The standard InChI is InChI=1S/C18H23NO3/c1-11-5-12(2)18-16(6-11)15(7-17(20)22-18)10-19-8-13(3)21-14(4)9-19/h5-7,13-14H,8-10H2,1-4H3/p+1/t13-,14+. The fraction of sp³-hybridized carbons (Fsp3) is 0.500. The fourth-order valence-corrected chi connectivity index (χ4v) is 3.63. The second-order valence-corrected chi connectivity index (χ2v) is 6.64. The molecular weight excluding hydrogens is 278 g/mol. The lowest BCUT2D eigenvalue weighted by molar-refractivity contribution is -0.928. The van der Waals surface area contributed by atoms with Crippen LogP contribution in [0.3, 0.4) is 0 Å². The quantitative estimate of drug-likeness (QED) is 0.857. The van der Waals surface area contributed by atoms with Crippen LogP contribution in [0.2, 0.25) is 0 Å². The molecule has 2 heterocycles. The molecule has 0 bridgehead atoms. The van der Waals surface area contributed by atoms with Gasteiger partial charge in [-0.1, -0.05) is 6.07 Å². The van der Waals surface area contributed by atoms with Crippen molar-refractivity contribution in [3.05, 3.63) is 45.3 Å². The van der Waals surface area contributed by atoms with Crippen molar-refractivity contribution in [2.75, 3.05) is 13.1 Å². The van der Waals surface area contributed by atoms with Crippen molar-refractivity contribution in [2.45, 2.75) is 46.4 Å². The normalized spacial score (nSPS) is 25.5. The fourth-order valence-electron chi connectivity index (χ4n) is 3.63. The van der Waals surface area contributed by atoms with Crippen molar-refractivity contribution >= 4 is 11.0 Å². The smallest absolute Gasteiger partial charge is 0.336 e. The van der Waals surface area contributed by atoms with Gasteiger partial charge in [0.2, 0.25) is 0 Å². The Morgan fingerprint density at radius 3 is 2.50 bits per heavy atom. The number of rotatable bonds is 2. The van der Waals surface area contributed by atoms with E-state index in [2.05, 4.69) is 32.9 Å². The number of fused-ring (bicyclic) bond motifs is 1. The van der Waals surface area contributed by atoms with E-state index in [0.717, 1.165) is 41.7 Å². The lowest BCUT2D eigenvalue weighted by atomic mass is 10.0. The van der Waals surface area contributed by atoms with Gasteiger partial charge in [-0.05, 0) is 44.9 Å². The summed E-state index contributed by atoms with van der Waals surface area (Å²) in [7, 11) is 0. The van der Waals surface area contributed by atoms with Crippen LogP contribution in [0, 0.1) is 13.8 Å². The van der Waals surface area contributed by atoms with Crippen molar-refractivity contribution in [1.29, 1.82) is 0 Å². The van der Waals surface area contributed by atoms with Gasteiger partial charge in [0.1, 0.15) is 37.4 Å². The van der Waals surface area contributed by atoms with Crippen LogP contribution < -0.4 is 10.5 Å². The summed E-state index contributed by atoms with van der Waals surface area (Å²) in [5.41, 5.74) is 3.76. The lowest BCUT2D eigenvalue weighted by Crippen LogP contribution is -3.14. The van der Waals surface area contributed by atoms with E-state index in [-0.39, 0.29) is 17.8 Å². The molecule has 3 rings (SSSR count). The Balaban J connectivity index is 2.01. The van der Waals surface area contributed by atoms with E-state index < -0.39 is 0 Å². The summed E-state index contributed by atoms with van der Waals surface area (Å²) in [6.07, 6.45) is 0.516. The molecule has 22 heavy (non-hydrogen) atoms. The van der Waals surface area contributed by atoms with Gasteiger partial charge in [-0.3, -0.25) is 0 Å². The molecule has 0 aliphatic carbocycles. The predicted octanol–water partition coefficient (Wildman–Crippen LogP) is 1.60. The molecular formula is C18H24NO3+. The number of ether oxygens (including phenoxy) is 1. The Morgan fingerprint density at radius 1 is 1.14 bits per heavy atom. The Kier molecular flexibility index (Phi) is 4.06. The van der Waals surface area contributed by atoms with Gasteiger partial charge >= 0.3 is 5.63 Å². The lowest BCUT2D eigenvalue weighted by Gasteiger charge is -2.32. The SMILES string of the molecule is Cc1cc(C)c2oc(=O)cc(C[NH+]3C[C@@H](C)O[C@@H](C)C3)c2c1. The highest BCUT2D eigenvalue weighted by Gasteiger charge is 2.26. The third kappa shape index (κ3) is 3.08. The van der Waals surface area contributed by atoms with Crippen LogP contribution in [0.15, 0.2) is 27.4 Å². The first kappa shape index (κ1) is 15.3. The summed E-state index contributed by atoms with van der Waals surface area (Å²) in [6.45, 7) is 11.1. The molecule has 1 unspecified atom stereocenters. The van der Waals surface area contributed by atoms with Crippen molar-refractivity contribution in [1.82, 2.24) is 0 Å². The van der Waals surface area contributed by atoms with E-state index in [1.807, 2.05) is 6.92 Å². The molecule has 1 aliphatic rings. The minimum absolute atomic E-state index is 0.258. The molecule has 0 spiro atoms. The topological polar surface area (TPSA) is 43.9 Å². The summed E-state index contributed by atoms with van der Waals surface area (Å²) < 4.78 is 11.2. The molecule has 4 heteroatoms. The van der Waals surface area contributed by atoms with Gasteiger partial charge in [-0.2, -0.15) is 0 Å². The molecule has 118 valence electrons. The zero-order valence-corrected chi connectivity index (χ0v) is 13.7. The van der Waals surface area contributed by atoms with Gasteiger partial charge in [0.05, 0.1) is 0 Å². The van der Waals surface area contributed by atoms with Crippen LogP contribution in [0.25, 0.3) is 11.0 Å². The highest BCUT2D eigenvalue weighted by Crippen LogP contribution is 2.22. The molecule has 1 saturated heterocycles. The minimum Gasteiger partial charge on any atom is -0.422 e. The van der Waals surface area contributed by atoms with E-state index in [9.17, 15) is 4.79 Å². The molecule has 1 aromatic heterocycles. The van der Waals surface area contributed by atoms with Crippen LogP contribution in [-0.2, 0) is 11.3 Å². The van der Waals surface area contributed by atoms with Gasteiger partial charge in [0.25, 0.3) is 0 Å². The minimum atomic E-state index is -0.261. The van der Waals surface area contributed by atoms with Crippen molar-refractivity contribution in [3.63, 3.8) is 0 Å². The van der Waals surface area contributed by atoms with Crippen LogP contribution >= 0.6 is 0 Å². The number of hydrogen-bond acceptors (Lipinski definition) is 3. The Bertz CT molecular complexity index is 740. The first-order chi connectivity index (χ1) is 10.4. The number of benzene rings is 1. The number of morpholine rings is 1. The van der Waals surface area contributed by atoms with Crippen molar-refractivity contribution in [3.8, 4) is 0 Å². The molecule has 1 fully saturated rings. The number of nitrogens with one attached hydrogen (secondary N) is 1. The second-order valence-electron chi connectivity index (χ2n) is 6.64. The highest BCUT2D eigenvalue weighted by atomic mass is 16.5. The molecule has 0 amide bonds. The summed E-state index contributed by atoms with van der Waals surface area (Å²) in [5, 5.41) is 1.07. The van der Waals surface area contributed by atoms with E-state index in [1.165, 1.54) is 10.5 Å². The second kappa shape index (κ2) is 5.86. The highest BCUT2D eigenvalue weighted by molar-refractivity contribution is 5.83. The van der Waals surface area contributed by atoms with Crippen LogP contribution in [0.5, 0.6) is 0 Å². The third-order valence-electron chi connectivity index (χ3n) is 4.32. The maximum Gasteiger partial charge on any atom is 0.336 e. The molecule has 1 N–H and O–H groups in total. The van der Waals surface area contributed by atoms with E-state index in [0.29, 0.717) is 0 Å². The third-order valence-corrected chi connectivity index (χ3v) is 4.32. The van der Waals surface area contributed by atoms with Crippen LogP contribution in [0.1, 0.15) is 30.5 Å². The zero-order chi connectivity index (χ0) is 15.9. The predicted molar refractivity (Wildman–Crippen MR) is 86.4 cm³/mol. The van der Waals surface area contributed by atoms with Crippen molar-refractivity contribution in [2.24, 2.45) is 0 Å². The molecule has 3 atom stereocenters. The van der Waals surface area contributed by atoms with Gasteiger partial charge in [0, 0.05) is 17.0 Å². The maximum absolute atomic E-state index is 11.9. The first-order valence-corrected chi connectivity index (χ1v) is 7.95. The van der Waals surface area contributed by atoms with E-state index in [1.54, 1.807) is 6.07 Å². The molecule has 0 radical (unpaired) electrons. The maximum atomic E-state index is 11.9. The van der Waals surface area contributed by atoms with E-state index >= 15 is 0 Å². The largest absolute Gasteiger partial charge is 0.422 e. The van der Waals surface area contributed by atoms with Gasteiger partial charge < -0.3 is 14.1 Å². The summed E-state index contributed by atoms with van der Waals surface area (Å²) in [5.74, 6) is 0. The number of aryl methyl sites for hydroxylation is 2. The van der Waals surface area contributed by atoms with Crippen LogP contribution in [-0.4, -0.2) is 25.3 Å². The molecule has 0 saturated carbocycles. The van der Waals surface area contributed by atoms with Crippen LogP contribution in [0.4, 0.5) is 0 Å². The number of hydrogen-bond donors (Lipinski definition) is 1. The molecule has 1 aliphatic heterocycles. The molecule has 1 aromatic carbocycles.